The molecule has 7 heteroatoms. The average Bonchev–Trinajstić information content (AvgIpc) is 2.79. The molecular weight excluding hydrogens is 443 g/mol. The van der Waals surface area contributed by atoms with E-state index < -0.39 is 11.5 Å². The van der Waals surface area contributed by atoms with Crippen LogP contribution in [-0.2, 0) is 10.2 Å². The molecule has 0 saturated carbocycles. The third-order valence-corrected chi connectivity index (χ3v) is 6.87. The summed E-state index contributed by atoms with van der Waals surface area (Å²) in [4.78, 5) is 26.0. The monoisotopic (exact) mass is 468 g/mol. The number of fused-ring (bicyclic) bond motifs is 1. The molecule has 1 fully saturated rings. The van der Waals surface area contributed by atoms with Gasteiger partial charge in [-0.05, 0) is 65.9 Å². The van der Waals surface area contributed by atoms with E-state index in [1.54, 1.807) is 12.1 Å². The van der Waals surface area contributed by atoms with Crippen molar-refractivity contribution in [3.63, 3.8) is 0 Å². The summed E-state index contributed by atoms with van der Waals surface area (Å²) < 4.78 is 13.6. The first-order valence-electron chi connectivity index (χ1n) is 11.0. The highest BCUT2D eigenvalue weighted by molar-refractivity contribution is 6.31. The minimum atomic E-state index is -0.964. The highest BCUT2D eigenvalue weighted by atomic mass is 35.5. The lowest BCUT2D eigenvalue weighted by molar-refractivity contribution is -0.123. The second kappa shape index (κ2) is 9.40. The number of nitrogens with zero attached hydrogens (tertiary/aromatic N) is 1. The Balaban J connectivity index is 1.57. The predicted octanol–water partition coefficient (Wildman–Crippen LogP) is 5.91. The zero-order chi connectivity index (χ0) is 23.6. The Hall–Kier alpha value is -3.12. The Kier molecular flexibility index (Phi) is 6.56. The van der Waals surface area contributed by atoms with Crippen LogP contribution in [0, 0.1) is 5.82 Å². The van der Waals surface area contributed by atoms with E-state index in [4.69, 9.17) is 11.6 Å². The van der Waals surface area contributed by atoms with Crippen LogP contribution in [0.4, 0.5) is 9.18 Å². The van der Waals surface area contributed by atoms with E-state index in [-0.39, 0.29) is 24.2 Å². The molecule has 3 aromatic rings. The molecule has 1 atom stereocenters. The zero-order valence-corrected chi connectivity index (χ0v) is 19.1. The number of amides is 2. The van der Waals surface area contributed by atoms with Gasteiger partial charge < -0.3 is 15.3 Å². The Morgan fingerprint density at radius 1 is 1.12 bits per heavy atom. The van der Waals surface area contributed by atoms with Crippen LogP contribution in [0.3, 0.4) is 0 Å². The van der Waals surface area contributed by atoms with E-state index in [0.717, 1.165) is 21.9 Å². The van der Waals surface area contributed by atoms with Gasteiger partial charge in [-0.1, -0.05) is 48.0 Å². The van der Waals surface area contributed by atoms with Gasteiger partial charge in [0.1, 0.15) is 5.82 Å². The van der Waals surface area contributed by atoms with Crippen LogP contribution in [0.5, 0.6) is 0 Å². The van der Waals surface area contributed by atoms with Crippen molar-refractivity contribution < 1.29 is 19.1 Å². The molecule has 0 aromatic heterocycles. The fourth-order valence-electron chi connectivity index (χ4n) is 4.84. The second-order valence-electron chi connectivity index (χ2n) is 8.74. The summed E-state index contributed by atoms with van der Waals surface area (Å²) in [5, 5.41) is 15.1. The van der Waals surface area contributed by atoms with Crippen LogP contribution in [0.1, 0.15) is 43.4 Å². The number of nitrogens with one attached hydrogen (secondary N) is 1. The molecule has 1 heterocycles. The van der Waals surface area contributed by atoms with Gasteiger partial charge in [0.25, 0.3) is 0 Å². The molecule has 1 saturated heterocycles. The number of hydrogen-bond donors (Lipinski definition) is 2. The standard InChI is InChI=1S/C26H26ClFN2O3/c1-17(23-15-20(27)14-18-4-2-3-5-22(18)23)29-24(31)16-26(19-6-8-21(28)9-7-19)10-12-30(13-11-26)25(32)33/h2-9,14-15,17H,10-13,16H2,1H3,(H,29,31)(H,32,33). The first kappa shape index (κ1) is 23.1. The first-order chi connectivity index (χ1) is 15.8. The molecule has 172 valence electrons. The SMILES string of the molecule is CC(NC(=O)CC1(c2ccc(F)cc2)CCN(C(=O)O)CC1)c1cc(Cl)cc2ccccc12. The van der Waals surface area contributed by atoms with Crippen molar-refractivity contribution in [1.82, 2.24) is 10.2 Å². The molecule has 0 aliphatic carbocycles. The minimum absolute atomic E-state index is 0.139. The summed E-state index contributed by atoms with van der Waals surface area (Å²) in [6.07, 6.45) is 0.211. The minimum Gasteiger partial charge on any atom is -0.465 e. The number of benzene rings is 3. The van der Waals surface area contributed by atoms with Crippen molar-refractivity contribution in [2.24, 2.45) is 0 Å². The fraction of sp³-hybridized carbons (Fsp3) is 0.308. The van der Waals surface area contributed by atoms with Crippen LogP contribution in [0.2, 0.25) is 5.02 Å². The maximum absolute atomic E-state index is 13.6. The lowest BCUT2D eigenvalue weighted by Crippen LogP contribution is -2.47. The fourth-order valence-corrected chi connectivity index (χ4v) is 5.07. The molecule has 1 aliphatic rings. The van der Waals surface area contributed by atoms with Crippen molar-refractivity contribution in [1.29, 1.82) is 0 Å². The van der Waals surface area contributed by atoms with Crippen LogP contribution in [0.15, 0.2) is 60.7 Å². The quantitative estimate of drug-likeness (QED) is 0.489. The third-order valence-electron chi connectivity index (χ3n) is 6.65. The highest BCUT2D eigenvalue weighted by Crippen LogP contribution is 2.39. The zero-order valence-electron chi connectivity index (χ0n) is 18.4. The number of hydrogen-bond acceptors (Lipinski definition) is 2. The van der Waals surface area contributed by atoms with E-state index in [1.807, 2.05) is 43.3 Å². The van der Waals surface area contributed by atoms with E-state index in [2.05, 4.69) is 5.32 Å². The van der Waals surface area contributed by atoms with Crippen molar-refractivity contribution in [2.75, 3.05) is 13.1 Å². The molecular formula is C26H26ClFN2O3. The van der Waals surface area contributed by atoms with Gasteiger partial charge in [0, 0.05) is 29.9 Å². The number of carbonyl (C=O) groups is 2. The maximum Gasteiger partial charge on any atom is 0.407 e. The smallest absolute Gasteiger partial charge is 0.407 e. The van der Waals surface area contributed by atoms with Gasteiger partial charge in [-0.3, -0.25) is 4.79 Å². The van der Waals surface area contributed by atoms with Crippen molar-refractivity contribution in [2.45, 2.75) is 37.6 Å². The van der Waals surface area contributed by atoms with Gasteiger partial charge in [0.2, 0.25) is 5.91 Å². The van der Waals surface area contributed by atoms with Crippen LogP contribution in [-0.4, -0.2) is 35.1 Å². The summed E-state index contributed by atoms with van der Waals surface area (Å²) in [7, 11) is 0. The summed E-state index contributed by atoms with van der Waals surface area (Å²) in [6.45, 7) is 2.58. The lowest BCUT2D eigenvalue weighted by Gasteiger charge is -2.41. The maximum atomic E-state index is 13.6. The largest absolute Gasteiger partial charge is 0.465 e. The lowest BCUT2D eigenvalue weighted by atomic mass is 9.70. The number of rotatable bonds is 5. The molecule has 33 heavy (non-hydrogen) atoms. The Morgan fingerprint density at radius 2 is 1.79 bits per heavy atom. The molecule has 0 radical (unpaired) electrons. The van der Waals surface area contributed by atoms with Gasteiger partial charge in [-0.25, -0.2) is 9.18 Å². The van der Waals surface area contributed by atoms with Crippen LogP contribution >= 0.6 is 11.6 Å². The molecule has 1 unspecified atom stereocenters. The van der Waals surface area contributed by atoms with Gasteiger partial charge in [-0.15, -0.1) is 0 Å². The highest BCUT2D eigenvalue weighted by Gasteiger charge is 2.39. The molecule has 2 N–H and O–H groups in total. The second-order valence-corrected chi connectivity index (χ2v) is 9.18. The number of likely N-dealkylation sites (tertiary alicyclic amines) is 1. The average molecular weight is 469 g/mol. The van der Waals surface area contributed by atoms with Crippen molar-refractivity contribution in [3.05, 3.63) is 82.6 Å². The molecule has 0 spiro atoms. The molecule has 3 aromatic carbocycles. The Morgan fingerprint density at radius 3 is 2.45 bits per heavy atom. The summed E-state index contributed by atoms with van der Waals surface area (Å²) in [5.41, 5.74) is 1.23. The summed E-state index contributed by atoms with van der Waals surface area (Å²) in [5.74, 6) is -0.484. The molecule has 5 nitrogen and oxygen atoms in total. The van der Waals surface area contributed by atoms with Crippen LogP contribution in [0.25, 0.3) is 10.8 Å². The summed E-state index contributed by atoms with van der Waals surface area (Å²) in [6, 6.07) is 17.6. The van der Waals surface area contributed by atoms with Gasteiger partial charge >= 0.3 is 6.09 Å². The molecule has 2 amide bonds. The number of piperidine rings is 1. The van der Waals surface area contributed by atoms with Crippen LogP contribution < -0.4 is 5.32 Å². The van der Waals surface area contributed by atoms with Gasteiger partial charge in [0.05, 0.1) is 6.04 Å². The topological polar surface area (TPSA) is 69.6 Å². The van der Waals surface area contributed by atoms with E-state index >= 15 is 0 Å². The molecule has 4 rings (SSSR count). The number of carbonyl (C=O) groups excluding carboxylic acids is 1. The number of halogens is 2. The van der Waals surface area contributed by atoms with Gasteiger partial charge in [0.15, 0.2) is 0 Å². The van der Waals surface area contributed by atoms with Gasteiger partial charge in [-0.2, -0.15) is 0 Å². The normalized spacial score (nSPS) is 16.4. The first-order valence-corrected chi connectivity index (χ1v) is 11.4. The molecule has 0 bridgehead atoms. The van der Waals surface area contributed by atoms with E-state index in [9.17, 15) is 19.1 Å². The predicted molar refractivity (Wildman–Crippen MR) is 127 cm³/mol. The molecule has 1 aliphatic heterocycles. The Labute approximate surface area is 197 Å². The van der Waals surface area contributed by atoms with E-state index in [0.29, 0.717) is 31.0 Å². The summed E-state index contributed by atoms with van der Waals surface area (Å²) >= 11 is 6.32. The van der Waals surface area contributed by atoms with E-state index in [1.165, 1.54) is 17.0 Å². The van der Waals surface area contributed by atoms with Crippen molar-refractivity contribution >= 4 is 34.4 Å². The van der Waals surface area contributed by atoms with Crippen molar-refractivity contribution in [3.8, 4) is 0 Å². The number of carboxylic acid groups (broad SMARTS) is 1. The Bertz CT molecular complexity index is 1170. The third kappa shape index (κ3) is 4.96.